The predicted octanol–water partition coefficient (Wildman–Crippen LogP) is 5.68. The Morgan fingerprint density at radius 2 is 1.77 bits per heavy atom. The molecule has 10 heteroatoms. The third-order valence-corrected chi connectivity index (χ3v) is 10.2. The number of aromatic nitrogens is 2. The summed E-state index contributed by atoms with van der Waals surface area (Å²) < 4.78 is 31.5. The topological polar surface area (TPSA) is 101 Å². The SMILES string of the molecule is CCCCc1nc(Cl)c(CO)n1Cc1ccc(C2(NS(=O)(=O)C(=O)c3ccccc3)Cc3ccccc3S2)cc1. The Morgan fingerprint density at radius 3 is 2.45 bits per heavy atom. The quantitative estimate of drug-likeness (QED) is 0.245. The molecule has 0 amide bonds. The van der Waals surface area contributed by atoms with Crippen LogP contribution in [0.1, 0.15) is 58.3 Å². The van der Waals surface area contributed by atoms with Crippen molar-refractivity contribution < 1.29 is 18.3 Å². The van der Waals surface area contributed by atoms with Crippen LogP contribution in [0.2, 0.25) is 5.15 Å². The second-order valence-electron chi connectivity index (χ2n) is 9.78. The Bertz CT molecular complexity index is 1600. The molecule has 1 unspecified atom stereocenters. The number of thioether (sulfide) groups is 1. The van der Waals surface area contributed by atoms with Gasteiger partial charge in [-0.05, 0) is 29.2 Å². The van der Waals surface area contributed by atoms with Crippen LogP contribution in [0.4, 0.5) is 0 Å². The normalized spacial score (nSPS) is 16.7. The van der Waals surface area contributed by atoms with Crippen LogP contribution in [0.25, 0.3) is 0 Å². The summed E-state index contributed by atoms with van der Waals surface area (Å²) in [6.07, 6.45) is 3.11. The van der Waals surface area contributed by atoms with E-state index in [1.807, 2.05) is 53.1 Å². The van der Waals surface area contributed by atoms with E-state index >= 15 is 0 Å². The van der Waals surface area contributed by atoms with Gasteiger partial charge < -0.3 is 9.67 Å². The minimum absolute atomic E-state index is 0.110. The molecule has 0 saturated carbocycles. The molecular formula is C30H30ClN3O4S2. The summed E-state index contributed by atoms with van der Waals surface area (Å²) >= 11 is 7.71. The zero-order valence-electron chi connectivity index (χ0n) is 22.0. The van der Waals surface area contributed by atoms with Crippen molar-refractivity contribution in [2.75, 3.05) is 0 Å². The molecule has 5 rings (SSSR count). The lowest BCUT2D eigenvalue weighted by Crippen LogP contribution is -2.45. The lowest BCUT2D eigenvalue weighted by atomic mass is 9.98. The number of sulfonamides is 1. The third kappa shape index (κ3) is 5.75. The molecule has 0 spiro atoms. The number of imidazole rings is 1. The Morgan fingerprint density at radius 1 is 1.07 bits per heavy atom. The lowest BCUT2D eigenvalue weighted by Gasteiger charge is -2.29. The van der Waals surface area contributed by atoms with E-state index in [0.717, 1.165) is 46.7 Å². The van der Waals surface area contributed by atoms with E-state index in [1.165, 1.54) is 23.9 Å². The van der Waals surface area contributed by atoms with Crippen LogP contribution in [0, 0.1) is 0 Å². The average Bonchev–Trinajstić information content (AvgIpc) is 3.48. The number of benzene rings is 3. The van der Waals surface area contributed by atoms with E-state index in [0.29, 0.717) is 23.8 Å². The number of carbonyl (C=O) groups is 1. The Hall–Kier alpha value is -2.95. The van der Waals surface area contributed by atoms with Gasteiger partial charge in [0.1, 0.15) is 10.7 Å². The van der Waals surface area contributed by atoms with Gasteiger partial charge in [-0.15, -0.1) is 0 Å². The summed E-state index contributed by atoms with van der Waals surface area (Å²) in [5.41, 5.74) is 3.37. The molecule has 208 valence electrons. The minimum Gasteiger partial charge on any atom is -0.390 e. The molecule has 3 aromatic carbocycles. The molecule has 1 atom stereocenters. The summed E-state index contributed by atoms with van der Waals surface area (Å²) in [4.78, 5) is 17.4. The molecule has 40 heavy (non-hydrogen) atoms. The van der Waals surface area contributed by atoms with E-state index in [4.69, 9.17) is 11.6 Å². The summed E-state index contributed by atoms with van der Waals surface area (Å²) in [5, 5.41) is 9.26. The maximum absolute atomic E-state index is 13.4. The Kier molecular flexibility index (Phi) is 8.49. The third-order valence-electron chi connectivity index (χ3n) is 7.02. The highest BCUT2D eigenvalue weighted by Gasteiger charge is 2.44. The van der Waals surface area contributed by atoms with Gasteiger partial charge in [-0.2, -0.15) is 4.72 Å². The first-order valence-electron chi connectivity index (χ1n) is 13.1. The van der Waals surface area contributed by atoms with Crippen molar-refractivity contribution in [3.8, 4) is 0 Å². The fraction of sp³-hybridized carbons (Fsp3) is 0.267. The number of aliphatic hydroxyl groups excluding tert-OH is 1. The number of fused-ring (bicyclic) bond motifs is 1. The maximum Gasteiger partial charge on any atom is 0.291 e. The molecule has 1 aliphatic heterocycles. The van der Waals surface area contributed by atoms with Crippen molar-refractivity contribution in [3.63, 3.8) is 0 Å². The fourth-order valence-electron chi connectivity index (χ4n) is 4.94. The number of hydrogen-bond donors (Lipinski definition) is 2. The fourth-order valence-corrected chi connectivity index (χ4v) is 8.13. The highest BCUT2D eigenvalue weighted by atomic mass is 35.5. The number of aliphatic hydroxyl groups is 1. The van der Waals surface area contributed by atoms with E-state index in [2.05, 4.69) is 16.6 Å². The van der Waals surface area contributed by atoms with Crippen LogP contribution in [-0.2, 0) is 40.9 Å². The molecule has 1 aromatic heterocycles. The number of aryl methyl sites for hydroxylation is 1. The smallest absolute Gasteiger partial charge is 0.291 e. The first-order valence-corrected chi connectivity index (χ1v) is 15.8. The van der Waals surface area contributed by atoms with Crippen molar-refractivity contribution in [1.29, 1.82) is 0 Å². The highest BCUT2D eigenvalue weighted by Crippen LogP contribution is 2.50. The van der Waals surface area contributed by atoms with Crippen molar-refractivity contribution in [1.82, 2.24) is 14.3 Å². The average molecular weight is 596 g/mol. The summed E-state index contributed by atoms with van der Waals surface area (Å²) in [5.74, 6) is 0.824. The van der Waals surface area contributed by atoms with Gasteiger partial charge in [0.15, 0.2) is 5.15 Å². The van der Waals surface area contributed by atoms with E-state index < -0.39 is 20.0 Å². The maximum atomic E-state index is 13.4. The molecule has 0 bridgehead atoms. The zero-order chi connectivity index (χ0) is 28.3. The number of hydrogen-bond acceptors (Lipinski definition) is 6. The Labute approximate surface area is 243 Å². The van der Waals surface area contributed by atoms with Crippen LogP contribution < -0.4 is 4.72 Å². The molecule has 1 aliphatic rings. The van der Waals surface area contributed by atoms with Gasteiger partial charge in [0.2, 0.25) is 0 Å². The van der Waals surface area contributed by atoms with E-state index in [9.17, 15) is 18.3 Å². The van der Waals surface area contributed by atoms with Crippen LogP contribution in [-0.4, -0.2) is 28.2 Å². The second-order valence-corrected chi connectivity index (χ2v) is 13.1. The van der Waals surface area contributed by atoms with Crippen molar-refractivity contribution in [2.24, 2.45) is 0 Å². The van der Waals surface area contributed by atoms with Crippen molar-refractivity contribution in [3.05, 3.63) is 118 Å². The van der Waals surface area contributed by atoms with Crippen molar-refractivity contribution >= 4 is 38.5 Å². The molecule has 2 heterocycles. The predicted molar refractivity (Wildman–Crippen MR) is 158 cm³/mol. The van der Waals surface area contributed by atoms with Crippen LogP contribution in [0.15, 0.2) is 83.8 Å². The van der Waals surface area contributed by atoms with Gasteiger partial charge in [-0.1, -0.05) is 110 Å². The molecule has 0 fully saturated rings. The molecule has 0 radical (unpaired) electrons. The van der Waals surface area contributed by atoms with Gasteiger partial charge in [-0.3, -0.25) is 4.79 Å². The first kappa shape index (κ1) is 28.6. The molecule has 7 nitrogen and oxygen atoms in total. The molecular weight excluding hydrogens is 566 g/mol. The standard InChI is InChI=1S/C30H30ClN3O4S2/c1-2-3-13-27-32-28(31)25(20-35)34(27)19-21-14-16-24(17-15-21)30(18-23-11-7-8-12-26(23)39-30)33-40(37,38)29(36)22-9-5-4-6-10-22/h4-12,14-17,33,35H,2-3,13,18-20H2,1H3. The number of rotatable bonds is 10. The molecule has 0 aliphatic carbocycles. The monoisotopic (exact) mass is 595 g/mol. The largest absolute Gasteiger partial charge is 0.390 e. The van der Waals surface area contributed by atoms with Crippen LogP contribution >= 0.6 is 23.4 Å². The number of halogens is 1. The van der Waals surface area contributed by atoms with E-state index in [-0.39, 0.29) is 12.2 Å². The van der Waals surface area contributed by atoms with Gasteiger partial charge in [0, 0.05) is 29.8 Å². The summed E-state index contributed by atoms with van der Waals surface area (Å²) in [7, 11) is -4.37. The summed E-state index contributed by atoms with van der Waals surface area (Å²) in [6, 6.07) is 23.4. The number of unbranched alkanes of at least 4 members (excludes halogenated alkanes) is 1. The van der Waals surface area contributed by atoms with Gasteiger partial charge in [0.05, 0.1) is 12.3 Å². The highest BCUT2D eigenvalue weighted by molar-refractivity contribution is 8.06. The van der Waals surface area contributed by atoms with Gasteiger partial charge >= 0.3 is 0 Å². The second kappa shape index (κ2) is 11.9. The molecule has 0 saturated heterocycles. The van der Waals surface area contributed by atoms with E-state index in [1.54, 1.807) is 18.2 Å². The van der Waals surface area contributed by atoms with Crippen molar-refractivity contribution in [2.45, 2.75) is 55.5 Å². The lowest BCUT2D eigenvalue weighted by molar-refractivity contribution is 0.107. The molecule has 4 aromatic rings. The van der Waals surface area contributed by atoms with Crippen LogP contribution in [0.5, 0.6) is 0 Å². The van der Waals surface area contributed by atoms with Crippen LogP contribution in [0.3, 0.4) is 0 Å². The number of nitrogens with zero attached hydrogens (tertiary/aromatic N) is 2. The summed E-state index contributed by atoms with van der Waals surface area (Å²) in [6.45, 7) is 2.36. The molecule has 2 N–H and O–H groups in total. The number of carbonyl (C=O) groups excluding carboxylic acids is 1. The minimum atomic E-state index is -4.37. The number of nitrogens with one attached hydrogen (secondary N) is 1. The van der Waals surface area contributed by atoms with Gasteiger partial charge in [0.25, 0.3) is 15.1 Å². The first-order chi connectivity index (χ1) is 19.3. The van der Waals surface area contributed by atoms with Gasteiger partial charge in [-0.25, -0.2) is 13.4 Å². The Balaban J connectivity index is 1.47. The zero-order valence-corrected chi connectivity index (χ0v) is 24.4.